The fraction of sp³-hybridized carbons (Fsp3) is 0.611. The normalized spacial score (nSPS) is 12.9. The molecular formula is C18H28NO4-. The number of hydrogen-bond donors (Lipinski definition) is 0. The molecule has 0 spiro atoms. The SMILES string of the molecule is COc1ccc(OC)c([C@@H](CC(C)C)N(C(=O)[O-])C(C)(C)C)c1. The van der Waals surface area contributed by atoms with E-state index in [1.165, 1.54) is 4.90 Å². The maximum Gasteiger partial charge on any atom is 0.137 e. The predicted octanol–water partition coefficient (Wildman–Crippen LogP) is 3.23. The minimum Gasteiger partial charge on any atom is -0.530 e. The van der Waals surface area contributed by atoms with Crippen molar-refractivity contribution in [3.05, 3.63) is 23.8 Å². The summed E-state index contributed by atoms with van der Waals surface area (Å²) >= 11 is 0. The third-order valence-corrected chi connectivity index (χ3v) is 3.72. The molecule has 0 aromatic heterocycles. The molecular weight excluding hydrogens is 294 g/mol. The topological polar surface area (TPSA) is 61.8 Å². The number of carboxylic acid groups (broad SMARTS) is 1. The van der Waals surface area contributed by atoms with Crippen LogP contribution >= 0.6 is 0 Å². The molecule has 23 heavy (non-hydrogen) atoms. The number of carbonyl (C=O) groups excluding carboxylic acids is 1. The van der Waals surface area contributed by atoms with Gasteiger partial charge in [0.1, 0.15) is 17.6 Å². The summed E-state index contributed by atoms with van der Waals surface area (Å²) in [5, 5.41) is 11.8. The van der Waals surface area contributed by atoms with Crippen molar-refractivity contribution >= 4 is 6.09 Å². The molecule has 0 aliphatic heterocycles. The van der Waals surface area contributed by atoms with Gasteiger partial charge in [-0.05, 0) is 51.3 Å². The number of hydrogen-bond acceptors (Lipinski definition) is 4. The smallest absolute Gasteiger partial charge is 0.137 e. The van der Waals surface area contributed by atoms with Crippen molar-refractivity contribution in [3.63, 3.8) is 0 Å². The van der Waals surface area contributed by atoms with Crippen LogP contribution < -0.4 is 14.6 Å². The molecule has 1 amide bonds. The van der Waals surface area contributed by atoms with E-state index in [1.54, 1.807) is 26.4 Å². The quantitative estimate of drug-likeness (QED) is 0.806. The Morgan fingerprint density at radius 1 is 1.22 bits per heavy atom. The molecule has 0 saturated heterocycles. The Kier molecular flexibility index (Phi) is 6.30. The van der Waals surface area contributed by atoms with Crippen molar-refractivity contribution in [1.29, 1.82) is 0 Å². The Balaban J connectivity index is 3.49. The highest BCUT2D eigenvalue weighted by Gasteiger charge is 2.32. The Labute approximate surface area is 139 Å². The first-order valence-corrected chi connectivity index (χ1v) is 7.84. The number of rotatable bonds is 6. The molecule has 1 rings (SSSR count). The van der Waals surface area contributed by atoms with Crippen LogP contribution in [0.1, 0.15) is 52.6 Å². The molecule has 5 nitrogen and oxygen atoms in total. The van der Waals surface area contributed by atoms with E-state index >= 15 is 0 Å². The average molecular weight is 322 g/mol. The molecule has 0 radical (unpaired) electrons. The van der Waals surface area contributed by atoms with Crippen LogP contribution in [0.25, 0.3) is 0 Å². The van der Waals surface area contributed by atoms with Crippen molar-refractivity contribution in [2.45, 2.75) is 52.6 Å². The van der Waals surface area contributed by atoms with Gasteiger partial charge in [-0.1, -0.05) is 13.8 Å². The molecule has 1 aromatic rings. The molecule has 0 unspecified atom stereocenters. The van der Waals surface area contributed by atoms with Crippen molar-refractivity contribution in [2.24, 2.45) is 5.92 Å². The summed E-state index contributed by atoms with van der Waals surface area (Å²) in [5.74, 6) is 1.62. The maximum absolute atomic E-state index is 11.8. The molecule has 130 valence electrons. The van der Waals surface area contributed by atoms with Gasteiger partial charge < -0.3 is 24.3 Å². The van der Waals surface area contributed by atoms with Gasteiger partial charge in [0.15, 0.2) is 0 Å². The highest BCUT2D eigenvalue weighted by Crippen LogP contribution is 2.39. The van der Waals surface area contributed by atoms with Gasteiger partial charge in [0.2, 0.25) is 0 Å². The molecule has 1 aromatic carbocycles. The third-order valence-electron chi connectivity index (χ3n) is 3.72. The molecule has 0 saturated carbocycles. The fourth-order valence-corrected chi connectivity index (χ4v) is 2.79. The first-order chi connectivity index (χ1) is 10.6. The van der Waals surface area contributed by atoms with Gasteiger partial charge in [0.25, 0.3) is 0 Å². The van der Waals surface area contributed by atoms with Crippen LogP contribution in [-0.2, 0) is 0 Å². The summed E-state index contributed by atoms with van der Waals surface area (Å²) < 4.78 is 10.8. The first-order valence-electron chi connectivity index (χ1n) is 7.84. The number of benzene rings is 1. The van der Waals surface area contributed by atoms with Crippen LogP contribution in [0.3, 0.4) is 0 Å². The molecule has 0 aliphatic carbocycles. The second kappa shape index (κ2) is 7.57. The lowest BCUT2D eigenvalue weighted by Crippen LogP contribution is -2.53. The van der Waals surface area contributed by atoms with Crippen LogP contribution in [0, 0.1) is 5.92 Å². The molecule has 0 N–H and O–H groups in total. The van der Waals surface area contributed by atoms with E-state index in [-0.39, 0.29) is 6.04 Å². The van der Waals surface area contributed by atoms with Crippen LogP contribution in [0.2, 0.25) is 0 Å². The Bertz CT molecular complexity index is 534. The van der Waals surface area contributed by atoms with Crippen LogP contribution in [-0.4, -0.2) is 30.8 Å². The zero-order chi connectivity index (χ0) is 17.8. The minimum atomic E-state index is -1.19. The standard InChI is InChI=1S/C18H29NO4/c1-12(2)10-15(19(17(20)21)18(3,4)5)14-11-13(22-6)8-9-16(14)23-7/h8-9,11-12,15H,10H2,1-7H3,(H,20,21)/p-1/t15-/m1/s1. The number of carbonyl (C=O) groups is 1. The summed E-state index contributed by atoms with van der Waals surface area (Å²) in [4.78, 5) is 13.2. The summed E-state index contributed by atoms with van der Waals surface area (Å²) in [7, 11) is 3.17. The van der Waals surface area contributed by atoms with E-state index in [2.05, 4.69) is 13.8 Å². The molecule has 0 bridgehead atoms. The second-order valence-electron chi connectivity index (χ2n) is 7.06. The van der Waals surface area contributed by atoms with Gasteiger partial charge in [0, 0.05) is 11.1 Å². The first kappa shape index (κ1) is 19.1. The summed E-state index contributed by atoms with van der Waals surface area (Å²) in [5.41, 5.74) is 0.201. The van der Waals surface area contributed by atoms with Crippen LogP contribution in [0.4, 0.5) is 4.79 Å². The van der Waals surface area contributed by atoms with Crippen LogP contribution in [0.15, 0.2) is 18.2 Å². The number of amides is 1. The maximum atomic E-state index is 11.8. The Hall–Kier alpha value is -1.91. The highest BCUT2D eigenvalue weighted by atomic mass is 16.5. The lowest BCUT2D eigenvalue weighted by molar-refractivity contribution is -0.274. The van der Waals surface area contributed by atoms with Crippen LogP contribution in [0.5, 0.6) is 11.5 Å². The van der Waals surface area contributed by atoms with Crippen molar-refractivity contribution < 1.29 is 19.4 Å². The Morgan fingerprint density at radius 3 is 2.22 bits per heavy atom. The predicted molar refractivity (Wildman–Crippen MR) is 88.7 cm³/mol. The average Bonchev–Trinajstić information content (AvgIpc) is 2.43. The van der Waals surface area contributed by atoms with Crippen molar-refractivity contribution in [3.8, 4) is 11.5 Å². The fourth-order valence-electron chi connectivity index (χ4n) is 2.79. The van der Waals surface area contributed by atoms with E-state index in [0.29, 0.717) is 23.8 Å². The number of ether oxygens (including phenoxy) is 2. The molecule has 0 aliphatic rings. The van der Waals surface area contributed by atoms with E-state index in [0.717, 1.165) is 5.56 Å². The van der Waals surface area contributed by atoms with Gasteiger partial charge >= 0.3 is 0 Å². The van der Waals surface area contributed by atoms with E-state index in [9.17, 15) is 9.90 Å². The number of nitrogens with zero attached hydrogens (tertiary/aromatic N) is 1. The lowest BCUT2D eigenvalue weighted by Gasteiger charge is -2.45. The zero-order valence-electron chi connectivity index (χ0n) is 15.2. The summed E-state index contributed by atoms with van der Waals surface area (Å²) in [6.45, 7) is 9.72. The van der Waals surface area contributed by atoms with E-state index < -0.39 is 11.6 Å². The Morgan fingerprint density at radius 2 is 1.83 bits per heavy atom. The molecule has 5 heteroatoms. The van der Waals surface area contributed by atoms with E-state index in [1.807, 2.05) is 26.8 Å². The minimum absolute atomic E-state index is 0.306. The second-order valence-corrected chi connectivity index (χ2v) is 7.06. The van der Waals surface area contributed by atoms with E-state index in [4.69, 9.17) is 9.47 Å². The molecule has 0 heterocycles. The van der Waals surface area contributed by atoms with Gasteiger partial charge in [-0.25, -0.2) is 0 Å². The van der Waals surface area contributed by atoms with Crippen molar-refractivity contribution in [2.75, 3.05) is 14.2 Å². The summed E-state index contributed by atoms with van der Waals surface area (Å²) in [6, 6.07) is 5.07. The highest BCUT2D eigenvalue weighted by molar-refractivity contribution is 5.65. The van der Waals surface area contributed by atoms with Gasteiger partial charge in [0.05, 0.1) is 20.3 Å². The summed E-state index contributed by atoms with van der Waals surface area (Å²) in [6.07, 6.45) is -0.526. The molecule has 1 atom stereocenters. The lowest BCUT2D eigenvalue weighted by atomic mass is 9.91. The zero-order valence-corrected chi connectivity index (χ0v) is 15.2. The third kappa shape index (κ3) is 4.78. The number of methoxy groups -OCH3 is 2. The van der Waals surface area contributed by atoms with Gasteiger partial charge in [-0.15, -0.1) is 0 Å². The van der Waals surface area contributed by atoms with Gasteiger partial charge in [-0.3, -0.25) is 0 Å². The largest absolute Gasteiger partial charge is 0.530 e. The van der Waals surface area contributed by atoms with Gasteiger partial charge in [-0.2, -0.15) is 0 Å². The van der Waals surface area contributed by atoms with Crippen molar-refractivity contribution in [1.82, 2.24) is 4.90 Å². The monoisotopic (exact) mass is 322 g/mol. The molecule has 0 fully saturated rings.